The van der Waals surface area contributed by atoms with E-state index >= 15 is 0 Å². The number of aliphatic hydroxyl groups is 1. The van der Waals surface area contributed by atoms with Crippen LogP contribution in [0.15, 0.2) is 36.4 Å². The molecule has 1 nitrogen and oxygen atoms in total. The molecule has 0 fully saturated rings. The van der Waals surface area contributed by atoms with Gasteiger partial charge in [0.05, 0.1) is 16.1 Å². The summed E-state index contributed by atoms with van der Waals surface area (Å²) in [7, 11) is 0. The van der Waals surface area contributed by atoms with Gasteiger partial charge in [-0.2, -0.15) is 0 Å². The van der Waals surface area contributed by atoms with Gasteiger partial charge >= 0.3 is 0 Å². The molecule has 0 bridgehead atoms. The largest absolute Gasteiger partial charge is 0.388 e. The van der Waals surface area contributed by atoms with E-state index in [9.17, 15) is 13.9 Å². The third-order valence-electron chi connectivity index (χ3n) is 2.75. The minimum Gasteiger partial charge on any atom is -0.388 e. The first-order valence-electron chi connectivity index (χ1n) is 5.55. The van der Waals surface area contributed by atoms with Crippen molar-refractivity contribution >= 4 is 23.2 Å². The molecular weight excluding hydrogens is 293 g/mol. The Labute approximate surface area is 119 Å². The average molecular weight is 303 g/mol. The van der Waals surface area contributed by atoms with Crippen LogP contribution in [0.4, 0.5) is 8.78 Å². The maximum Gasteiger partial charge on any atom is 0.142 e. The molecule has 0 spiro atoms. The summed E-state index contributed by atoms with van der Waals surface area (Å²) in [5.41, 5.74) is 0.932. The van der Waals surface area contributed by atoms with E-state index in [1.807, 2.05) is 0 Å². The Morgan fingerprint density at radius 2 is 1.79 bits per heavy atom. The van der Waals surface area contributed by atoms with Gasteiger partial charge in [-0.05, 0) is 23.8 Å². The molecule has 0 aromatic heterocycles. The van der Waals surface area contributed by atoms with Crippen LogP contribution in [0.25, 0.3) is 0 Å². The third-order valence-corrected chi connectivity index (χ3v) is 3.44. The van der Waals surface area contributed by atoms with E-state index in [1.54, 1.807) is 6.07 Å². The summed E-state index contributed by atoms with van der Waals surface area (Å²) in [6.45, 7) is 0. The van der Waals surface area contributed by atoms with Crippen molar-refractivity contribution in [2.75, 3.05) is 0 Å². The zero-order valence-electron chi connectivity index (χ0n) is 9.71. The monoisotopic (exact) mass is 302 g/mol. The lowest BCUT2D eigenvalue weighted by Gasteiger charge is -2.13. The van der Waals surface area contributed by atoms with E-state index in [4.69, 9.17) is 23.2 Å². The smallest absolute Gasteiger partial charge is 0.142 e. The molecule has 0 radical (unpaired) electrons. The lowest BCUT2D eigenvalue weighted by molar-refractivity contribution is 0.178. The predicted molar refractivity (Wildman–Crippen MR) is 71.5 cm³/mol. The zero-order valence-corrected chi connectivity index (χ0v) is 11.2. The van der Waals surface area contributed by atoms with Gasteiger partial charge in [-0.1, -0.05) is 41.4 Å². The lowest BCUT2D eigenvalue weighted by Crippen LogP contribution is -2.03. The number of aliphatic hydroxyl groups excluding tert-OH is 1. The minimum absolute atomic E-state index is 0.0185. The molecular formula is C14H10Cl2F2O. The van der Waals surface area contributed by atoms with E-state index in [2.05, 4.69) is 0 Å². The highest BCUT2D eigenvalue weighted by molar-refractivity contribution is 6.31. The van der Waals surface area contributed by atoms with Crippen LogP contribution in [0.5, 0.6) is 0 Å². The summed E-state index contributed by atoms with van der Waals surface area (Å²) in [4.78, 5) is 0. The fourth-order valence-corrected chi connectivity index (χ4v) is 2.23. The Kier molecular flexibility index (Phi) is 4.40. The molecule has 19 heavy (non-hydrogen) atoms. The molecule has 2 aromatic carbocycles. The number of halogens is 4. The summed E-state index contributed by atoms with van der Waals surface area (Å²) in [6.07, 6.45) is -0.812. The van der Waals surface area contributed by atoms with Crippen molar-refractivity contribution in [1.82, 2.24) is 0 Å². The quantitative estimate of drug-likeness (QED) is 0.882. The maximum absolute atomic E-state index is 13.3. The van der Waals surface area contributed by atoms with E-state index < -0.39 is 17.7 Å². The maximum atomic E-state index is 13.3. The SMILES string of the molecule is OC(Cc1ccc(F)c(Cl)c1)c1cccc(F)c1Cl. The molecule has 5 heteroatoms. The standard InChI is InChI=1S/C14H10Cl2F2O/c15-10-6-8(4-5-11(10)17)7-13(19)9-2-1-3-12(18)14(9)16/h1-6,13,19H,7H2. The van der Waals surface area contributed by atoms with Crippen molar-refractivity contribution in [3.8, 4) is 0 Å². The second-order valence-electron chi connectivity index (χ2n) is 4.11. The molecule has 0 aliphatic carbocycles. The molecule has 1 atom stereocenters. The minimum atomic E-state index is -0.982. The lowest BCUT2D eigenvalue weighted by atomic mass is 10.0. The highest BCUT2D eigenvalue weighted by atomic mass is 35.5. The second-order valence-corrected chi connectivity index (χ2v) is 4.90. The summed E-state index contributed by atoms with van der Waals surface area (Å²) < 4.78 is 26.3. The van der Waals surface area contributed by atoms with Gasteiger partial charge in [0.2, 0.25) is 0 Å². The highest BCUT2D eigenvalue weighted by Gasteiger charge is 2.15. The fraction of sp³-hybridized carbons (Fsp3) is 0.143. The van der Waals surface area contributed by atoms with Crippen LogP contribution in [0, 0.1) is 11.6 Å². The van der Waals surface area contributed by atoms with Crippen LogP contribution in [0.2, 0.25) is 10.0 Å². The first kappa shape index (κ1) is 14.3. The van der Waals surface area contributed by atoms with E-state index in [0.717, 1.165) is 0 Å². The molecule has 0 aliphatic heterocycles. The molecule has 0 saturated heterocycles. The Morgan fingerprint density at radius 1 is 1.05 bits per heavy atom. The van der Waals surface area contributed by atoms with Gasteiger partial charge in [0.1, 0.15) is 11.6 Å². The molecule has 0 aliphatic rings. The van der Waals surface area contributed by atoms with Gasteiger partial charge in [0.15, 0.2) is 0 Å². The van der Waals surface area contributed by atoms with Crippen LogP contribution in [-0.2, 0) is 6.42 Å². The van der Waals surface area contributed by atoms with Gasteiger partial charge in [0.25, 0.3) is 0 Å². The van der Waals surface area contributed by atoms with E-state index in [0.29, 0.717) is 11.1 Å². The van der Waals surface area contributed by atoms with Gasteiger partial charge in [-0.15, -0.1) is 0 Å². The third kappa shape index (κ3) is 3.24. The Balaban J connectivity index is 2.23. The topological polar surface area (TPSA) is 20.2 Å². The van der Waals surface area contributed by atoms with Crippen molar-refractivity contribution in [3.63, 3.8) is 0 Å². The first-order valence-corrected chi connectivity index (χ1v) is 6.30. The molecule has 0 amide bonds. The summed E-state index contributed by atoms with van der Waals surface area (Å²) >= 11 is 11.4. The van der Waals surface area contributed by atoms with Crippen LogP contribution in [0.3, 0.4) is 0 Å². The fourth-order valence-electron chi connectivity index (χ4n) is 1.78. The molecule has 0 heterocycles. The molecule has 100 valence electrons. The Morgan fingerprint density at radius 3 is 2.47 bits per heavy atom. The number of benzene rings is 2. The molecule has 2 rings (SSSR count). The van der Waals surface area contributed by atoms with Crippen molar-refractivity contribution in [1.29, 1.82) is 0 Å². The molecule has 1 unspecified atom stereocenters. The summed E-state index contributed by atoms with van der Waals surface area (Å²) in [5.74, 6) is -1.11. The highest BCUT2D eigenvalue weighted by Crippen LogP contribution is 2.28. The van der Waals surface area contributed by atoms with Crippen LogP contribution in [0.1, 0.15) is 17.2 Å². The Bertz CT molecular complexity index is 602. The summed E-state index contributed by atoms with van der Waals surface area (Å²) in [5, 5.41) is 9.92. The normalized spacial score (nSPS) is 12.5. The van der Waals surface area contributed by atoms with Crippen LogP contribution < -0.4 is 0 Å². The van der Waals surface area contributed by atoms with E-state index in [1.165, 1.54) is 30.3 Å². The van der Waals surface area contributed by atoms with Gasteiger partial charge in [0, 0.05) is 12.0 Å². The Hall–Kier alpha value is -1.16. The van der Waals surface area contributed by atoms with Crippen molar-refractivity contribution in [2.24, 2.45) is 0 Å². The van der Waals surface area contributed by atoms with Crippen LogP contribution in [-0.4, -0.2) is 5.11 Å². The van der Waals surface area contributed by atoms with Crippen molar-refractivity contribution in [2.45, 2.75) is 12.5 Å². The van der Waals surface area contributed by atoms with Gasteiger partial charge in [-0.25, -0.2) is 8.78 Å². The average Bonchev–Trinajstić information content (AvgIpc) is 2.37. The first-order chi connectivity index (χ1) is 8.99. The molecule has 0 saturated carbocycles. The van der Waals surface area contributed by atoms with E-state index in [-0.39, 0.29) is 16.5 Å². The number of hydrogen-bond acceptors (Lipinski definition) is 1. The second kappa shape index (κ2) is 5.87. The van der Waals surface area contributed by atoms with Crippen molar-refractivity contribution < 1.29 is 13.9 Å². The zero-order chi connectivity index (χ0) is 14.0. The predicted octanol–water partition coefficient (Wildman–Crippen LogP) is 4.55. The summed E-state index contributed by atoms with van der Waals surface area (Å²) in [6, 6.07) is 8.38. The molecule has 2 aromatic rings. The number of rotatable bonds is 3. The van der Waals surface area contributed by atoms with Gasteiger partial charge < -0.3 is 5.11 Å². The van der Waals surface area contributed by atoms with Gasteiger partial charge in [-0.3, -0.25) is 0 Å². The van der Waals surface area contributed by atoms with Crippen LogP contribution >= 0.6 is 23.2 Å². The molecule has 1 N–H and O–H groups in total. The number of hydrogen-bond donors (Lipinski definition) is 1. The van der Waals surface area contributed by atoms with Crippen molar-refractivity contribution in [3.05, 3.63) is 69.2 Å².